The minimum Gasteiger partial charge on any atom is -0.265 e. The molecule has 0 radical (unpaired) electrons. The summed E-state index contributed by atoms with van der Waals surface area (Å²) in [7, 11) is 1.58. The number of hydrogen-bond donors (Lipinski definition) is 5. The van der Waals surface area contributed by atoms with Crippen LogP contribution in [-0.4, -0.2) is 76.8 Å². The molecule has 0 aliphatic rings. The standard InChI is InChI=1S/C12H22AsN3O6S.C5H5N.ClH/c1-13(2)23-6-8(11(20)15-5-10(18)19)16-9(17)4-3-7(14)12(21)22;1-2-4-6-5-3-1;/h7-8H,3-6,14H2,1-2H3,(H,15,20)(H,16,17)(H,18,19)(H,21,22);1-5H;1H. The van der Waals surface area contributed by atoms with Gasteiger partial charge in [-0.1, -0.05) is 6.07 Å². The van der Waals surface area contributed by atoms with Gasteiger partial charge in [-0.2, -0.15) is 0 Å². The molecule has 0 fully saturated rings. The molecular formula is C17H28AsClN4O6S. The Hall–Kier alpha value is -1.81. The fourth-order valence-corrected chi connectivity index (χ4v) is 5.18. The predicted molar refractivity (Wildman–Crippen MR) is 119 cm³/mol. The number of aliphatic carboxylic acids is 2. The van der Waals surface area contributed by atoms with Crippen LogP contribution in [0.25, 0.3) is 0 Å². The van der Waals surface area contributed by atoms with Gasteiger partial charge in [-0.3, -0.25) is 4.98 Å². The van der Waals surface area contributed by atoms with Crippen molar-refractivity contribution in [2.75, 3.05) is 12.3 Å². The van der Waals surface area contributed by atoms with Crippen LogP contribution in [0.3, 0.4) is 0 Å². The zero-order valence-corrected chi connectivity index (χ0v) is 20.2. The summed E-state index contributed by atoms with van der Waals surface area (Å²) in [6.45, 7) is -0.528. The maximum Gasteiger partial charge on any atom is 0.0267 e. The molecule has 13 heteroatoms. The summed E-state index contributed by atoms with van der Waals surface area (Å²) < 4.78 is 0. The summed E-state index contributed by atoms with van der Waals surface area (Å²) >= 11 is -1.09. The van der Waals surface area contributed by atoms with Crippen LogP contribution < -0.4 is 16.4 Å². The van der Waals surface area contributed by atoms with Gasteiger partial charge in [-0.25, -0.2) is 0 Å². The van der Waals surface area contributed by atoms with Gasteiger partial charge in [-0.05, 0) is 12.1 Å². The first-order chi connectivity index (χ1) is 13.6. The van der Waals surface area contributed by atoms with Crippen LogP contribution in [0.15, 0.2) is 30.6 Å². The normalized spacial score (nSPS) is 11.7. The van der Waals surface area contributed by atoms with Crippen molar-refractivity contribution in [2.24, 2.45) is 5.73 Å². The number of rotatable bonds is 11. The van der Waals surface area contributed by atoms with Crippen LogP contribution in [0.1, 0.15) is 12.8 Å². The fraction of sp³-hybridized carbons (Fsp3) is 0.471. The number of nitrogens with zero attached hydrogens (tertiary/aromatic N) is 1. The second-order valence-corrected chi connectivity index (χ2v) is 15.3. The fourth-order valence-electron chi connectivity index (χ4n) is 1.68. The van der Waals surface area contributed by atoms with Gasteiger partial charge in [0.1, 0.15) is 0 Å². The van der Waals surface area contributed by atoms with Crippen molar-refractivity contribution in [3.8, 4) is 0 Å². The van der Waals surface area contributed by atoms with Gasteiger partial charge in [0.15, 0.2) is 0 Å². The molecule has 1 rings (SSSR count). The molecule has 2 unspecified atom stereocenters. The molecule has 1 aromatic rings. The van der Waals surface area contributed by atoms with Crippen molar-refractivity contribution in [2.45, 2.75) is 36.3 Å². The van der Waals surface area contributed by atoms with Crippen LogP contribution in [-0.2, 0) is 19.2 Å². The van der Waals surface area contributed by atoms with Crippen molar-refractivity contribution in [3.63, 3.8) is 0 Å². The third-order valence-electron chi connectivity index (χ3n) is 3.13. The van der Waals surface area contributed by atoms with Crippen LogP contribution in [0, 0.1) is 0 Å². The summed E-state index contributed by atoms with van der Waals surface area (Å²) in [5.74, 6) is -3.11. The van der Waals surface area contributed by atoms with E-state index in [0.29, 0.717) is 5.75 Å². The summed E-state index contributed by atoms with van der Waals surface area (Å²) in [5, 5.41) is 22.0. The molecule has 30 heavy (non-hydrogen) atoms. The topological polar surface area (TPSA) is 172 Å². The number of amides is 2. The van der Waals surface area contributed by atoms with Crippen molar-refractivity contribution >= 4 is 59.7 Å². The molecule has 0 bridgehead atoms. The molecule has 1 aromatic heterocycles. The Bertz CT molecular complexity index is 630. The van der Waals surface area contributed by atoms with E-state index >= 15 is 0 Å². The first-order valence-corrected chi connectivity index (χ1v) is 15.5. The number of pyridine rings is 1. The molecule has 10 nitrogen and oxygen atoms in total. The summed E-state index contributed by atoms with van der Waals surface area (Å²) in [6.07, 6.45) is 3.33. The molecule has 2 atom stereocenters. The molecule has 170 valence electrons. The monoisotopic (exact) mass is 526 g/mol. The number of carbonyl (C=O) groups is 4. The molecule has 1 heterocycles. The smallest absolute Gasteiger partial charge is 0.0267 e. The Labute approximate surface area is 189 Å². The van der Waals surface area contributed by atoms with Crippen molar-refractivity contribution in [1.82, 2.24) is 15.6 Å². The minimum absolute atomic E-state index is 0. The molecule has 0 aliphatic carbocycles. The Balaban J connectivity index is 0. The van der Waals surface area contributed by atoms with E-state index in [-0.39, 0.29) is 25.2 Å². The van der Waals surface area contributed by atoms with E-state index in [1.165, 1.54) is 0 Å². The first kappa shape index (κ1) is 30.4. The van der Waals surface area contributed by atoms with E-state index in [1.54, 1.807) is 22.4 Å². The third kappa shape index (κ3) is 17.1. The molecular weight excluding hydrogens is 499 g/mol. The van der Waals surface area contributed by atoms with Gasteiger partial charge >= 0.3 is 142 Å². The molecule has 0 saturated heterocycles. The van der Waals surface area contributed by atoms with Gasteiger partial charge in [-0.15, -0.1) is 12.4 Å². The molecule has 6 N–H and O–H groups in total. The number of carboxylic acids is 2. The van der Waals surface area contributed by atoms with E-state index in [4.69, 9.17) is 15.9 Å². The number of aromatic nitrogens is 1. The first-order valence-electron chi connectivity index (χ1n) is 8.56. The van der Waals surface area contributed by atoms with Crippen LogP contribution in [0.2, 0.25) is 11.4 Å². The molecule has 0 aliphatic heterocycles. The minimum atomic E-state index is -1.20. The summed E-state index contributed by atoms with van der Waals surface area (Å²) in [5.41, 5.74) is 9.45. The van der Waals surface area contributed by atoms with Gasteiger partial charge < -0.3 is 0 Å². The average molecular weight is 527 g/mol. The van der Waals surface area contributed by atoms with Gasteiger partial charge in [0.05, 0.1) is 0 Å². The molecule has 0 aromatic carbocycles. The number of nitrogens with two attached hydrogens (primary N) is 1. The SMILES string of the molecule is C[As](C)SCC(NC(=O)CCC(N)C(=O)O)C(=O)NCC(=O)O.Cl.c1ccncc1. The zero-order chi connectivity index (χ0) is 22.2. The number of hydrogen-bond acceptors (Lipinski definition) is 7. The van der Waals surface area contributed by atoms with E-state index < -0.39 is 55.9 Å². The molecule has 0 spiro atoms. The Morgan fingerprint density at radius 2 is 1.73 bits per heavy atom. The van der Waals surface area contributed by atoms with Crippen LogP contribution in [0.5, 0.6) is 0 Å². The average Bonchev–Trinajstić information content (AvgIpc) is 2.68. The Kier molecular flexibility index (Phi) is 18.2. The maximum absolute atomic E-state index is 11.9. The van der Waals surface area contributed by atoms with Gasteiger partial charge in [0, 0.05) is 12.4 Å². The molecule has 2 amide bonds. The van der Waals surface area contributed by atoms with Crippen LogP contribution in [0.4, 0.5) is 0 Å². The van der Waals surface area contributed by atoms with Crippen molar-refractivity contribution in [3.05, 3.63) is 30.6 Å². The van der Waals surface area contributed by atoms with E-state index in [2.05, 4.69) is 27.0 Å². The Morgan fingerprint density at radius 3 is 2.13 bits per heavy atom. The zero-order valence-electron chi connectivity index (χ0n) is 16.7. The molecule has 0 saturated carbocycles. The van der Waals surface area contributed by atoms with Crippen molar-refractivity contribution < 1.29 is 29.4 Å². The van der Waals surface area contributed by atoms with Crippen molar-refractivity contribution in [1.29, 1.82) is 0 Å². The van der Waals surface area contributed by atoms with Gasteiger partial charge in [0.25, 0.3) is 0 Å². The summed E-state index contributed by atoms with van der Waals surface area (Å²) in [4.78, 5) is 48.6. The quantitative estimate of drug-likeness (QED) is 0.255. The largest absolute Gasteiger partial charge is 0.265 e. The second-order valence-electron chi connectivity index (χ2n) is 5.85. The van der Waals surface area contributed by atoms with E-state index in [1.807, 2.05) is 18.2 Å². The maximum atomic E-state index is 11.9. The number of halogens is 1. The second kappa shape index (κ2) is 18.0. The number of carboxylic acid groups (broad SMARTS) is 2. The Morgan fingerprint density at radius 1 is 1.13 bits per heavy atom. The van der Waals surface area contributed by atoms with Gasteiger partial charge in [0.2, 0.25) is 0 Å². The number of nitrogens with one attached hydrogen (secondary N) is 2. The third-order valence-corrected chi connectivity index (χ3v) is 8.32. The van der Waals surface area contributed by atoms with Crippen LogP contribution >= 0.6 is 22.4 Å². The number of carbonyl (C=O) groups excluding carboxylic acids is 2. The summed E-state index contributed by atoms with van der Waals surface area (Å²) in [6, 6.07) is 3.72. The van der Waals surface area contributed by atoms with E-state index in [9.17, 15) is 19.2 Å². The van der Waals surface area contributed by atoms with E-state index in [0.717, 1.165) is 0 Å². The predicted octanol–water partition coefficient (Wildman–Crippen LogP) is 0.352.